The van der Waals surface area contributed by atoms with Crippen LogP contribution in [-0.4, -0.2) is 25.4 Å². The number of halogens is 3. The van der Waals surface area contributed by atoms with E-state index in [4.69, 9.17) is 16.3 Å². The number of rotatable bonds is 7. The summed E-state index contributed by atoms with van der Waals surface area (Å²) < 4.78 is 34.6. The van der Waals surface area contributed by atoms with Crippen LogP contribution >= 0.6 is 11.6 Å². The van der Waals surface area contributed by atoms with Crippen molar-refractivity contribution in [2.75, 3.05) is 6.61 Å². The van der Waals surface area contributed by atoms with Crippen LogP contribution < -0.4 is 10.1 Å². The van der Waals surface area contributed by atoms with Crippen LogP contribution in [0.4, 0.5) is 8.78 Å². The maximum Gasteiger partial charge on any atom is 0.387 e. The van der Waals surface area contributed by atoms with Crippen LogP contribution in [0.3, 0.4) is 0 Å². The predicted molar refractivity (Wildman–Crippen MR) is 73.4 cm³/mol. The summed E-state index contributed by atoms with van der Waals surface area (Å²) >= 11 is 5.89. The van der Waals surface area contributed by atoms with Gasteiger partial charge in [-0.1, -0.05) is 11.6 Å². The van der Waals surface area contributed by atoms with Crippen molar-refractivity contribution in [1.82, 2.24) is 5.32 Å². The van der Waals surface area contributed by atoms with Gasteiger partial charge in [-0.15, -0.1) is 0 Å². The SMILES string of the molecule is CCOC1CC(NCc2cc(Cl)ccc2OC(F)F)C1. The minimum Gasteiger partial charge on any atom is -0.434 e. The van der Waals surface area contributed by atoms with Crippen molar-refractivity contribution in [3.8, 4) is 5.75 Å². The van der Waals surface area contributed by atoms with Gasteiger partial charge in [-0.2, -0.15) is 8.78 Å². The summed E-state index contributed by atoms with van der Waals surface area (Å²) in [6.07, 6.45) is 2.20. The average Bonchev–Trinajstić information content (AvgIpc) is 2.34. The Morgan fingerprint density at radius 3 is 2.80 bits per heavy atom. The van der Waals surface area contributed by atoms with E-state index in [9.17, 15) is 8.78 Å². The molecule has 0 unspecified atom stereocenters. The first kappa shape index (κ1) is 15.5. The van der Waals surface area contributed by atoms with Crippen LogP contribution in [0.5, 0.6) is 5.75 Å². The van der Waals surface area contributed by atoms with E-state index in [0.29, 0.717) is 29.3 Å². The van der Waals surface area contributed by atoms with Gasteiger partial charge < -0.3 is 14.8 Å². The summed E-state index contributed by atoms with van der Waals surface area (Å²) in [5.74, 6) is 0.164. The van der Waals surface area contributed by atoms with Gasteiger partial charge in [-0.25, -0.2) is 0 Å². The largest absolute Gasteiger partial charge is 0.434 e. The maximum absolute atomic E-state index is 12.3. The molecule has 0 saturated heterocycles. The maximum atomic E-state index is 12.3. The summed E-state index contributed by atoms with van der Waals surface area (Å²) in [4.78, 5) is 0. The third-order valence-electron chi connectivity index (χ3n) is 3.32. The number of hydrogen-bond acceptors (Lipinski definition) is 3. The van der Waals surface area contributed by atoms with Gasteiger partial charge >= 0.3 is 6.61 Å². The van der Waals surface area contributed by atoms with Crippen LogP contribution in [0.15, 0.2) is 18.2 Å². The standard InChI is InChI=1S/C14H18ClF2NO2/c1-2-19-12-6-11(7-12)18-8-9-5-10(15)3-4-13(9)20-14(16)17/h3-5,11-12,14,18H,2,6-8H2,1H3. The molecule has 1 aliphatic rings. The zero-order chi connectivity index (χ0) is 14.5. The number of hydrogen-bond donors (Lipinski definition) is 1. The highest BCUT2D eigenvalue weighted by atomic mass is 35.5. The number of ether oxygens (including phenoxy) is 2. The molecule has 112 valence electrons. The van der Waals surface area contributed by atoms with Gasteiger partial charge in [-0.3, -0.25) is 0 Å². The fourth-order valence-corrected chi connectivity index (χ4v) is 2.45. The van der Waals surface area contributed by atoms with E-state index in [-0.39, 0.29) is 5.75 Å². The van der Waals surface area contributed by atoms with Crippen LogP contribution in [-0.2, 0) is 11.3 Å². The third kappa shape index (κ3) is 4.30. The molecule has 3 nitrogen and oxygen atoms in total. The predicted octanol–water partition coefficient (Wildman–Crippen LogP) is 3.60. The van der Waals surface area contributed by atoms with Crippen LogP contribution in [0.2, 0.25) is 5.02 Å². The van der Waals surface area contributed by atoms with Gasteiger partial charge in [0.15, 0.2) is 0 Å². The molecule has 20 heavy (non-hydrogen) atoms. The number of benzene rings is 1. The molecule has 0 aromatic heterocycles. The molecule has 1 saturated carbocycles. The molecule has 2 rings (SSSR count). The van der Waals surface area contributed by atoms with Gasteiger partial charge in [0.05, 0.1) is 6.10 Å². The Bertz CT molecular complexity index is 439. The molecule has 0 radical (unpaired) electrons. The van der Waals surface area contributed by atoms with E-state index < -0.39 is 6.61 Å². The Labute approximate surface area is 122 Å². The molecule has 0 bridgehead atoms. The zero-order valence-electron chi connectivity index (χ0n) is 11.2. The van der Waals surface area contributed by atoms with Gasteiger partial charge in [-0.05, 0) is 38.0 Å². The van der Waals surface area contributed by atoms with Crippen molar-refractivity contribution in [1.29, 1.82) is 0 Å². The Morgan fingerprint density at radius 1 is 1.40 bits per heavy atom. The molecule has 1 fully saturated rings. The lowest BCUT2D eigenvalue weighted by atomic mass is 9.89. The monoisotopic (exact) mass is 305 g/mol. The first-order valence-corrected chi connectivity index (χ1v) is 7.04. The highest BCUT2D eigenvalue weighted by Crippen LogP contribution is 2.27. The summed E-state index contributed by atoms with van der Waals surface area (Å²) in [5.41, 5.74) is 0.637. The van der Waals surface area contributed by atoms with Gasteiger partial charge in [0.25, 0.3) is 0 Å². The smallest absolute Gasteiger partial charge is 0.387 e. The molecular weight excluding hydrogens is 288 g/mol. The molecule has 0 atom stereocenters. The van der Waals surface area contributed by atoms with Crippen molar-refractivity contribution < 1.29 is 18.3 Å². The average molecular weight is 306 g/mol. The van der Waals surface area contributed by atoms with Crippen LogP contribution in [0, 0.1) is 0 Å². The first-order chi connectivity index (χ1) is 9.58. The van der Waals surface area contributed by atoms with Gasteiger partial charge in [0.2, 0.25) is 0 Å². The molecule has 1 aromatic rings. The highest BCUT2D eigenvalue weighted by Gasteiger charge is 2.29. The lowest BCUT2D eigenvalue weighted by Crippen LogP contribution is -2.45. The number of nitrogens with one attached hydrogen (secondary N) is 1. The lowest BCUT2D eigenvalue weighted by Gasteiger charge is -2.35. The van der Waals surface area contributed by atoms with E-state index in [2.05, 4.69) is 10.1 Å². The first-order valence-electron chi connectivity index (χ1n) is 6.66. The summed E-state index contributed by atoms with van der Waals surface area (Å²) in [6.45, 7) is 0.311. The summed E-state index contributed by atoms with van der Waals surface area (Å²) in [7, 11) is 0. The van der Waals surface area contributed by atoms with E-state index in [0.717, 1.165) is 19.4 Å². The Balaban J connectivity index is 1.87. The van der Waals surface area contributed by atoms with Gasteiger partial charge in [0, 0.05) is 29.8 Å². The number of alkyl halides is 2. The zero-order valence-corrected chi connectivity index (χ0v) is 12.0. The minimum absolute atomic E-state index is 0.164. The molecule has 1 aliphatic carbocycles. The quantitative estimate of drug-likeness (QED) is 0.835. The molecule has 0 heterocycles. The Morgan fingerprint density at radius 2 is 2.15 bits per heavy atom. The van der Waals surface area contributed by atoms with Crippen molar-refractivity contribution in [3.05, 3.63) is 28.8 Å². The molecule has 6 heteroatoms. The second-order valence-corrected chi connectivity index (χ2v) is 5.19. The molecule has 0 amide bonds. The molecule has 1 N–H and O–H groups in total. The van der Waals surface area contributed by atoms with Crippen molar-refractivity contribution >= 4 is 11.6 Å². The Hall–Kier alpha value is -0.910. The van der Waals surface area contributed by atoms with Crippen LogP contribution in [0.25, 0.3) is 0 Å². The van der Waals surface area contributed by atoms with Crippen molar-refractivity contribution in [2.45, 2.75) is 45.1 Å². The third-order valence-corrected chi connectivity index (χ3v) is 3.55. The minimum atomic E-state index is -2.83. The van der Waals surface area contributed by atoms with Crippen molar-refractivity contribution in [2.24, 2.45) is 0 Å². The van der Waals surface area contributed by atoms with E-state index in [1.54, 1.807) is 6.07 Å². The second-order valence-electron chi connectivity index (χ2n) is 4.76. The molecule has 0 spiro atoms. The normalized spacial score (nSPS) is 21.9. The topological polar surface area (TPSA) is 30.5 Å². The highest BCUT2D eigenvalue weighted by molar-refractivity contribution is 6.30. The molecule has 1 aromatic carbocycles. The van der Waals surface area contributed by atoms with E-state index >= 15 is 0 Å². The van der Waals surface area contributed by atoms with Gasteiger partial charge in [0.1, 0.15) is 5.75 Å². The van der Waals surface area contributed by atoms with Crippen LogP contribution in [0.1, 0.15) is 25.3 Å². The molecule has 0 aliphatic heterocycles. The summed E-state index contributed by atoms with van der Waals surface area (Å²) in [6, 6.07) is 5.00. The second kappa shape index (κ2) is 7.20. The lowest BCUT2D eigenvalue weighted by molar-refractivity contribution is -0.0506. The fraction of sp³-hybridized carbons (Fsp3) is 0.571. The van der Waals surface area contributed by atoms with E-state index in [1.165, 1.54) is 12.1 Å². The van der Waals surface area contributed by atoms with E-state index in [1.807, 2.05) is 6.92 Å². The molecular formula is C14H18ClF2NO2. The fourth-order valence-electron chi connectivity index (χ4n) is 2.26. The van der Waals surface area contributed by atoms with Crippen molar-refractivity contribution in [3.63, 3.8) is 0 Å². The Kier molecular flexibility index (Phi) is 5.57. The summed E-state index contributed by atoms with van der Waals surface area (Å²) in [5, 5.41) is 3.81.